The molecule has 0 unspecified atom stereocenters. The molecule has 0 aliphatic carbocycles. The largest absolute Gasteiger partial charge is 0.476 e. The third-order valence-corrected chi connectivity index (χ3v) is 3.20. The van der Waals surface area contributed by atoms with E-state index < -0.39 is 5.97 Å². The van der Waals surface area contributed by atoms with Gasteiger partial charge in [0.25, 0.3) is 0 Å². The lowest BCUT2D eigenvalue weighted by molar-refractivity contribution is 0.0685. The minimum atomic E-state index is -1.04. The number of aromatic nitrogens is 1. The zero-order valence-electron chi connectivity index (χ0n) is 8.18. The van der Waals surface area contributed by atoms with Gasteiger partial charge in [-0.15, -0.1) is 0 Å². The Hall–Kier alpha value is -1.01. The molecule has 15 heavy (non-hydrogen) atoms. The summed E-state index contributed by atoms with van der Waals surface area (Å²) in [5.41, 5.74) is -0.0172. The molecule has 1 aliphatic heterocycles. The van der Waals surface area contributed by atoms with E-state index in [1.54, 1.807) is 0 Å². The fraction of sp³-hybridized carbons (Fsp3) is 0.556. The predicted molar refractivity (Wildman–Crippen MR) is 56.1 cm³/mol. The molecule has 0 atom stereocenters. The summed E-state index contributed by atoms with van der Waals surface area (Å²) in [5.74, 6) is 1.83. The average molecular weight is 228 g/mol. The molecule has 2 heterocycles. The molecule has 1 aromatic rings. The summed E-state index contributed by atoms with van der Waals surface area (Å²) in [6, 6.07) is 1.49. The zero-order chi connectivity index (χ0) is 10.7. The maximum absolute atomic E-state index is 10.6. The van der Waals surface area contributed by atoms with Gasteiger partial charge in [-0.2, -0.15) is 11.8 Å². The van der Waals surface area contributed by atoms with Crippen molar-refractivity contribution in [2.45, 2.75) is 6.54 Å². The first-order valence-electron chi connectivity index (χ1n) is 4.74. The molecule has 1 fully saturated rings. The Morgan fingerprint density at radius 1 is 1.60 bits per heavy atom. The van der Waals surface area contributed by atoms with E-state index in [2.05, 4.69) is 10.1 Å². The number of thioether (sulfide) groups is 1. The smallest absolute Gasteiger partial charge is 0.358 e. The minimum Gasteiger partial charge on any atom is -0.476 e. The quantitative estimate of drug-likeness (QED) is 0.830. The highest BCUT2D eigenvalue weighted by molar-refractivity contribution is 7.99. The first-order chi connectivity index (χ1) is 7.25. The maximum atomic E-state index is 10.6. The van der Waals surface area contributed by atoms with Crippen LogP contribution in [0.5, 0.6) is 0 Å². The van der Waals surface area contributed by atoms with Crippen LogP contribution in [-0.4, -0.2) is 45.7 Å². The van der Waals surface area contributed by atoms with E-state index in [4.69, 9.17) is 9.63 Å². The summed E-state index contributed by atoms with van der Waals surface area (Å²) in [6.07, 6.45) is 0. The van der Waals surface area contributed by atoms with Crippen LogP contribution in [0.15, 0.2) is 10.6 Å². The lowest BCUT2D eigenvalue weighted by atomic mass is 10.3. The fourth-order valence-corrected chi connectivity index (χ4v) is 2.45. The Labute approximate surface area is 91.4 Å². The van der Waals surface area contributed by atoms with Crippen LogP contribution in [0.4, 0.5) is 0 Å². The Kier molecular flexibility index (Phi) is 3.27. The topological polar surface area (TPSA) is 66.6 Å². The molecule has 0 saturated carbocycles. The number of carbonyl (C=O) groups is 1. The Morgan fingerprint density at radius 2 is 2.33 bits per heavy atom. The van der Waals surface area contributed by atoms with Crippen molar-refractivity contribution in [1.82, 2.24) is 10.1 Å². The molecule has 1 aliphatic rings. The van der Waals surface area contributed by atoms with Crippen LogP contribution < -0.4 is 0 Å². The number of hydrogen-bond donors (Lipinski definition) is 1. The standard InChI is InChI=1S/C9H12N2O3S/c12-9(13)8-5-7(14-10-8)6-11-1-3-15-4-2-11/h5H,1-4,6H2,(H,12,13). The van der Waals surface area contributed by atoms with Crippen LogP contribution in [0.25, 0.3) is 0 Å². The molecule has 0 spiro atoms. The molecule has 0 radical (unpaired) electrons. The van der Waals surface area contributed by atoms with Gasteiger partial charge in [0.2, 0.25) is 0 Å². The summed E-state index contributed by atoms with van der Waals surface area (Å²) in [6.45, 7) is 2.70. The second-order valence-corrected chi connectivity index (χ2v) is 4.60. The molecule has 82 valence electrons. The van der Waals surface area contributed by atoms with E-state index in [1.165, 1.54) is 6.07 Å². The maximum Gasteiger partial charge on any atom is 0.358 e. The predicted octanol–water partition coefficient (Wildman–Crippen LogP) is 0.922. The van der Waals surface area contributed by atoms with E-state index >= 15 is 0 Å². The number of hydrogen-bond acceptors (Lipinski definition) is 5. The van der Waals surface area contributed by atoms with Crippen LogP contribution in [0.1, 0.15) is 16.2 Å². The first kappa shape index (κ1) is 10.5. The van der Waals surface area contributed by atoms with Crippen molar-refractivity contribution < 1.29 is 14.4 Å². The normalized spacial score (nSPS) is 17.9. The number of carboxylic acid groups (broad SMARTS) is 1. The Bertz CT molecular complexity index is 347. The van der Waals surface area contributed by atoms with Crippen molar-refractivity contribution in [2.75, 3.05) is 24.6 Å². The molecule has 2 rings (SSSR count). The van der Waals surface area contributed by atoms with Gasteiger partial charge in [0, 0.05) is 30.7 Å². The monoisotopic (exact) mass is 228 g/mol. The van der Waals surface area contributed by atoms with Crippen LogP contribution in [0.3, 0.4) is 0 Å². The van der Waals surface area contributed by atoms with E-state index in [9.17, 15) is 4.79 Å². The molecular weight excluding hydrogens is 216 g/mol. The van der Waals surface area contributed by atoms with Gasteiger partial charge in [0.1, 0.15) is 0 Å². The van der Waals surface area contributed by atoms with Crippen molar-refractivity contribution in [3.8, 4) is 0 Å². The number of carboxylic acids is 1. The van der Waals surface area contributed by atoms with Gasteiger partial charge in [-0.3, -0.25) is 4.90 Å². The first-order valence-corrected chi connectivity index (χ1v) is 5.90. The van der Waals surface area contributed by atoms with Crippen molar-refractivity contribution in [3.05, 3.63) is 17.5 Å². The summed E-state index contributed by atoms with van der Waals surface area (Å²) in [5, 5.41) is 12.1. The summed E-state index contributed by atoms with van der Waals surface area (Å²) < 4.78 is 4.95. The van der Waals surface area contributed by atoms with Gasteiger partial charge in [-0.05, 0) is 0 Å². The lowest BCUT2D eigenvalue weighted by Gasteiger charge is -2.24. The van der Waals surface area contributed by atoms with Crippen LogP contribution in [-0.2, 0) is 6.54 Å². The summed E-state index contributed by atoms with van der Waals surface area (Å²) in [4.78, 5) is 12.8. The van der Waals surface area contributed by atoms with Gasteiger partial charge in [-0.25, -0.2) is 4.79 Å². The van der Waals surface area contributed by atoms with Crippen molar-refractivity contribution in [1.29, 1.82) is 0 Å². The third-order valence-electron chi connectivity index (χ3n) is 2.26. The second-order valence-electron chi connectivity index (χ2n) is 3.37. The van der Waals surface area contributed by atoms with Crippen molar-refractivity contribution >= 4 is 17.7 Å². The molecule has 1 aromatic heterocycles. The fourth-order valence-electron chi connectivity index (χ4n) is 1.47. The third kappa shape index (κ3) is 2.73. The summed E-state index contributed by atoms with van der Waals surface area (Å²) in [7, 11) is 0. The zero-order valence-corrected chi connectivity index (χ0v) is 9.00. The molecule has 6 heteroatoms. The number of aromatic carboxylic acids is 1. The molecule has 0 aromatic carbocycles. The number of nitrogens with zero attached hydrogens (tertiary/aromatic N) is 2. The minimum absolute atomic E-state index is 0.0172. The molecule has 1 N–H and O–H groups in total. The van der Waals surface area contributed by atoms with Gasteiger partial charge >= 0.3 is 5.97 Å². The second kappa shape index (κ2) is 4.67. The highest BCUT2D eigenvalue weighted by atomic mass is 32.2. The van der Waals surface area contributed by atoms with E-state index in [0.717, 1.165) is 24.6 Å². The van der Waals surface area contributed by atoms with E-state index in [1.807, 2.05) is 11.8 Å². The van der Waals surface area contributed by atoms with Crippen molar-refractivity contribution in [3.63, 3.8) is 0 Å². The number of rotatable bonds is 3. The lowest BCUT2D eigenvalue weighted by Crippen LogP contribution is -2.31. The molecule has 5 nitrogen and oxygen atoms in total. The van der Waals surface area contributed by atoms with Crippen molar-refractivity contribution in [2.24, 2.45) is 0 Å². The molecule has 0 bridgehead atoms. The summed E-state index contributed by atoms with van der Waals surface area (Å²) >= 11 is 1.94. The Morgan fingerprint density at radius 3 is 2.93 bits per heavy atom. The van der Waals surface area contributed by atoms with Gasteiger partial charge in [-0.1, -0.05) is 5.16 Å². The molecule has 1 saturated heterocycles. The van der Waals surface area contributed by atoms with E-state index in [-0.39, 0.29) is 5.69 Å². The SMILES string of the molecule is O=C(O)c1cc(CN2CCSCC2)on1. The highest BCUT2D eigenvalue weighted by Crippen LogP contribution is 2.13. The molecule has 0 amide bonds. The van der Waals surface area contributed by atoms with Crippen LogP contribution in [0.2, 0.25) is 0 Å². The van der Waals surface area contributed by atoms with Gasteiger partial charge in [0.15, 0.2) is 11.5 Å². The van der Waals surface area contributed by atoms with Crippen LogP contribution >= 0.6 is 11.8 Å². The average Bonchev–Trinajstić information content (AvgIpc) is 2.68. The molecular formula is C9H12N2O3S. The Balaban J connectivity index is 1.94. The van der Waals surface area contributed by atoms with Gasteiger partial charge in [0.05, 0.1) is 6.54 Å². The highest BCUT2D eigenvalue weighted by Gasteiger charge is 2.15. The van der Waals surface area contributed by atoms with Gasteiger partial charge < -0.3 is 9.63 Å². The van der Waals surface area contributed by atoms with E-state index in [0.29, 0.717) is 12.3 Å². The van der Waals surface area contributed by atoms with Crippen LogP contribution in [0, 0.1) is 0 Å².